The highest BCUT2D eigenvalue weighted by Crippen LogP contribution is 2.30. The molecule has 0 unspecified atom stereocenters. The molecular formula is C37H59N7O8. The van der Waals surface area contributed by atoms with E-state index >= 15 is 0 Å². The molecule has 0 radical (unpaired) electrons. The molecule has 2 aliphatic carbocycles. The van der Waals surface area contributed by atoms with Crippen molar-refractivity contribution in [2.45, 2.75) is 141 Å². The molecule has 5 atom stereocenters. The molecule has 0 bridgehead atoms. The molecule has 7 amide bonds. The van der Waals surface area contributed by atoms with Gasteiger partial charge in [0.25, 0.3) is 0 Å². The summed E-state index contributed by atoms with van der Waals surface area (Å²) in [5.41, 5.74) is 4.88. The Morgan fingerprint density at radius 2 is 1.40 bits per heavy atom. The minimum Gasteiger partial charge on any atom is -0.368 e. The van der Waals surface area contributed by atoms with E-state index in [2.05, 4.69) is 26.6 Å². The van der Waals surface area contributed by atoms with E-state index in [1.54, 1.807) is 26.8 Å². The Morgan fingerprint density at radius 1 is 0.827 bits per heavy atom. The van der Waals surface area contributed by atoms with Crippen LogP contribution in [0.3, 0.4) is 0 Å². The first-order chi connectivity index (χ1) is 24.5. The Morgan fingerprint density at radius 3 is 1.92 bits per heavy atom. The molecular weight excluding hydrogens is 670 g/mol. The highest BCUT2D eigenvalue weighted by molar-refractivity contribution is 6.02. The van der Waals surface area contributed by atoms with Crippen LogP contribution in [0.1, 0.15) is 111 Å². The van der Waals surface area contributed by atoms with Crippen LogP contribution in [0.4, 0.5) is 0 Å². The molecule has 1 aliphatic heterocycles. The summed E-state index contributed by atoms with van der Waals surface area (Å²) in [5, 5.41) is 13.5. The van der Waals surface area contributed by atoms with Crippen molar-refractivity contribution in [2.75, 3.05) is 13.6 Å². The van der Waals surface area contributed by atoms with Crippen LogP contribution in [0.5, 0.6) is 0 Å². The number of ketones is 1. The molecule has 2 saturated carbocycles. The normalized spacial score (nSPS) is 21.1. The van der Waals surface area contributed by atoms with Gasteiger partial charge in [-0.25, -0.2) is 0 Å². The Hall–Kier alpha value is -4.30. The molecule has 7 N–H and O–H groups in total. The van der Waals surface area contributed by atoms with Crippen LogP contribution in [0.25, 0.3) is 0 Å². The Bertz CT molecular complexity index is 1360. The van der Waals surface area contributed by atoms with Gasteiger partial charge < -0.3 is 37.2 Å². The first-order valence-electron chi connectivity index (χ1n) is 18.7. The largest absolute Gasteiger partial charge is 0.368 e. The van der Waals surface area contributed by atoms with Gasteiger partial charge in [0.15, 0.2) is 5.78 Å². The van der Waals surface area contributed by atoms with E-state index in [1.807, 2.05) is 0 Å². The maximum Gasteiger partial charge on any atom is 0.246 e. The van der Waals surface area contributed by atoms with Gasteiger partial charge in [0.1, 0.15) is 30.2 Å². The lowest BCUT2D eigenvalue weighted by Crippen LogP contribution is -2.62. The lowest BCUT2D eigenvalue weighted by Gasteiger charge is -2.37. The number of carbonyl (C=O) groups excluding carboxylic acids is 8. The van der Waals surface area contributed by atoms with Crippen molar-refractivity contribution < 1.29 is 38.4 Å². The lowest BCUT2D eigenvalue weighted by atomic mass is 9.81. The quantitative estimate of drug-likeness (QED) is 0.132. The molecule has 0 aromatic heterocycles. The number of likely N-dealkylation sites (tertiary alicyclic amines) is 1. The first kappa shape index (κ1) is 42.1. The Balaban J connectivity index is 1.82. The number of likely N-dealkylation sites (N-methyl/N-ethyl adjacent to an activating group) is 1. The molecule has 15 nitrogen and oxygen atoms in total. The van der Waals surface area contributed by atoms with E-state index in [0.29, 0.717) is 12.8 Å². The van der Waals surface area contributed by atoms with Crippen molar-refractivity contribution in [3.8, 4) is 0 Å². The number of Topliss-reactive ketones (excluding diaryl/α,β-unsaturated/α-hetero) is 1. The minimum atomic E-state index is -1.23. The fourth-order valence-corrected chi connectivity index (χ4v) is 7.51. The molecule has 52 heavy (non-hydrogen) atoms. The van der Waals surface area contributed by atoms with Crippen molar-refractivity contribution in [1.29, 1.82) is 0 Å². The highest BCUT2D eigenvalue weighted by atomic mass is 16.2. The third-order valence-electron chi connectivity index (χ3n) is 10.4. The summed E-state index contributed by atoms with van der Waals surface area (Å²) in [4.78, 5) is 106. The van der Waals surface area contributed by atoms with Crippen molar-refractivity contribution in [1.82, 2.24) is 31.5 Å². The zero-order valence-corrected chi connectivity index (χ0v) is 31.4. The smallest absolute Gasteiger partial charge is 0.246 e. The SMILES string of the molecule is CNC(=O)/C=C/CC[C@H](NC(C)=O)C(=O)N[C@H](C(=O)N1CC(=O)C[C@H]1C(=O)N[C@H](C(=O)N[C@H](C(N)=O)C1CCCCC1)C1CCCCC1)C(C)(C)C. The van der Waals surface area contributed by atoms with Gasteiger partial charge in [-0.15, -0.1) is 0 Å². The average Bonchev–Trinajstić information content (AvgIpc) is 3.50. The maximum atomic E-state index is 14.2. The zero-order valence-electron chi connectivity index (χ0n) is 31.4. The predicted molar refractivity (Wildman–Crippen MR) is 193 cm³/mol. The van der Waals surface area contributed by atoms with E-state index < -0.39 is 71.1 Å². The fraction of sp³-hybridized carbons (Fsp3) is 0.730. The van der Waals surface area contributed by atoms with Crippen LogP contribution in [0.2, 0.25) is 0 Å². The standard InChI is InChI=1S/C37H59N7O8/c1-22(45)40-26(18-12-13-19-28(47)39-5)33(49)43-31(37(2,3)4)36(52)44-21-25(46)20-27(44)34(50)42-30(24-16-10-7-11-17-24)35(51)41-29(32(38)48)23-14-8-6-9-15-23/h13,19,23-24,26-27,29-31H,6-12,14-18,20-21H2,1-5H3,(H2,38,48)(H,39,47)(H,40,45)(H,41,51)(H,42,50)(H,43,49)/b19-13+/t26-,27-,29-,30-,31+/m0/s1. The van der Waals surface area contributed by atoms with Crippen LogP contribution < -0.4 is 32.3 Å². The highest BCUT2D eigenvalue weighted by Gasteiger charge is 2.46. The third-order valence-corrected chi connectivity index (χ3v) is 10.4. The van der Waals surface area contributed by atoms with Crippen molar-refractivity contribution in [3.05, 3.63) is 12.2 Å². The second-order valence-electron chi connectivity index (χ2n) is 15.6. The van der Waals surface area contributed by atoms with Crippen LogP contribution in [0, 0.1) is 17.3 Å². The van der Waals surface area contributed by atoms with Gasteiger partial charge in [-0.1, -0.05) is 65.4 Å². The van der Waals surface area contributed by atoms with Crippen LogP contribution in [-0.4, -0.2) is 95.8 Å². The zero-order chi connectivity index (χ0) is 38.6. The number of nitrogens with zero attached hydrogens (tertiary/aromatic N) is 1. The summed E-state index contributed by atoms with van der Waals surface area (Å²) < 4.78 is 0. The molecule has 0 spiro atoms. The number of hydrogen-bond acceptors (Lipinski definition) is 8. The number of nitrogens with two attached hydrogens (primary N) is 1. The first-order valence-corrected chi connectivity index (χ1v) is 18.7. The van der Waals surface area contributed by atoms with Gasteiger partial charge in [0.2, 0.25) is 41.4 Å². The molecule has 15 heteroatoms. The van der Waals surface area contributed by atoms with Crippen LogP contribution in [-0.2, 0) is 38.4 Å². The van der Waals surface area contributed by atoms with Gasteiger partial charge in [0, 0.05) is 20.4 Å². The molecule has 1 heterocycles. The Kier molecular flexibility index (Phi) is 15.8. The Labute approximate surface area is 306 Å². The summed E-state index contributed by atoms with van der Waals surface area (Å²) in [6.07, 6.45) is 11.6. The molecule has 1 saturated heterocycles. The number of rotatable bonds is 15. The summed E-state index contributed by atoms with van der Waals surface area (Å²) in [5.74, 6) is -4.53. The number of amides is 7. The van der Waals surface area contributed by atoms with Crippen molar-refractivity contribution in [2.24, 2.45) is 23.0 Å². The van der Waals surface area contributed by atoms with Crippen molar-refractivity contribution >= 4 is 47.1 Å². The van der Waals surface area contributed by atoms with E-state index in [1.165, 1.54) is 20.0 Å². The lowest BCUT2D eigenvalue weighted by molar-refractivity contribution is -0.145. The van der Waals surface area contributed by atoms with Crippen molar-refractivity contribution in [3.63, 3.8) is 0 Å². The van der Waals surface area contributed by atoms with E-state index in [9.17, 15) is 38.4 Å². The van der Waals surface area contributed by atoms with Gasteiger partial charge in [0.05, 0.1) is 6.54 Å². The molecule has 3 aliphatic rings. The van der Waals surface area contributed by atoms with Crippen LogP contribution >= 0.6 is 0 Å². The molecule has 290 valence electrons. The molecule has 3 rings (SSSR count). The number of allylic oxidation sites excluding steroid dienone is 1. The topological polar surface area (TPSA) is 226 Å². The summed E-state index contributed by atoms with van der Waals surface area (Å²) in [6, 6.07) is -5.32. The van der Waals surface area contributed by atoms with Gasteiger partial charge >= 0.3 is 0 Å². The average molecular weight is 730 g/mol. The molecule has 0 aromatic rings. The number of carbonyl (C=O) groups is 8. The molecule has 0 aromatic carbocycles. The summed E-state index contributed by atoms with van der Waals surface area (Å²) in [6.45, 7) is 6.09. The van der Waals surface area contributed by atoms with Crippen LogP contribution in [0.15, 0.2) is 12.2 Å². The molecule has 3 fully saturated rings. The van der Waals surface area contributed by atoms with Gasteiger partial charge in [-0.3, -0.25) is 38.4 Å². The second kappa shape index (κ2) is 19.5. The maximum absolute atomic E-state index is 14.2. The third kappa shape index (κ3) is 12.1. The van der Waals surface area contributed by atoms with E-state index in [-0.39, 0.29) is 49.3 Å². The number of nitrogens with one attached hydrogen (secondary N) is 5. The minimum absolute atomic E-state index is 0.0905. The fourth-order valence-electron chi connectivity index (χ4n) is 7.51. The monoisotopic (exact) mass is 729 g/mol. The number of hydrogen-bond donors (Lipinski definition) is 6. The number of primary amides is 1. The predicted octanol–water partition coefficient (Wildman–Crippen LogP) is 0.890. The van der Waals surface area contributed by atoms with E-state index in [4.69, 9.17) is 5.73 Å². The summed E-state index contributed by atoms with van der Waals surface area (Å²) in [7, 11) is 1.48. The second-order valence-corrected chi connectivity index (χ2v) is 15.6. The summed E-state index contributed by atoms with van der Waals surface area (Å²) >= 11 is 0. The van der Waals surface area contributed by atoms with E-state index in [0.717, 1.165) is 56.3 Å². The van der Waals surface area contributed by atoms with Gasteiger partial charge in [-0.05, 0) is 61.9 Å². The van der Waals surface area contributed by atoms with Gasteiger partial charge in [-0.2, -0.15) is 0 Å².